The first-order valence-electron chi connectivity index (χ1n) is 6.77. The smallest absolute Gasteiger partial charge is 0.264 e. The van der Waals surface area contributed by atoms with Gasteiger partial charge in [0.15, 0.2) is 0 Å². The zero-order valence-electron chi connectivity index (χ0n) is 11.2. The van der Waals surface area contributed by atoms with E-state index in [4.69, 9.17) is 5.73 Å². The van der Waals surface area contributed by atoms with Crippen LogP contribution >= 0.6 is 11.3 Å². The molecule has 0 radical (unpaired) electrons. The summed E-state index contributed by atoms with van der Waals surface area (Å²) in [6, 6.07) is 4.22. The van der Waals surface area contributed by atoms with Crippen LogP contribution in [0, 0.1) is 5.92 Å². The average Bonchev–Trinajstić information content (AvgIpc) is 2.86. The summed E-state index contributed by atoms with van der Waals surface area (Å²) in [5.74, 6) is 0.681. The van der Waals surface area contributed by atoms with Crippen LogP contribution in [0.15, 0.2) is 12.1 Å². The summed E-state index contributed by atoms with van der Waals surface area (Å²) in [4.78, 5) is 16.6. The quantitative estimate of drug-likeness (QED) is 0.913. The van der Waals surface area contributed by atoms with Gasteiger partial charge in [0.2, 0.25) is 0 Å². The summed E-state index contributed by atoms with van der Waals surface area (Å²) in [7, 11) is 0. The summed E-state index contributed by atoms with van der Waals surface area (Å²) in [6.07, 6.45) is 3.26. The molecule has 1 aromatic rings. The highest BCUT2D eigenvalue weighted by molar-refractivity contribution is 7.14. The Hall–Kier alpha value is -0.870. The van der Waals surface area contributed by atoms with E-state index in [0.717, 1.165) is 24.3 Å². The third-order valence-corrected chi connectivity index (χ3v) is 5.06. The van der Waals surface area contributed by atoms with E-state index in [1.54, 1.807) is 11.3 Å². The van der Waals surface area contributed by atoms with Gasteiger partial charge < -0.3 is 10.6 Å². The van der Waals surface area contributed by atoms with Gasteiger partial charge in [0.25, 0.3) is 5.91 Å². The molecule has 1 saturated heterocycles. The summed E-state index contributed by atoms with van der Waals surface area (Å²) < 4.78 is 0. The third kappa shape index (κ3) is 2.59. The van der Waals surface area contributed by atoms with Crippen LogP contribution in [0.5, 0.6) is 0 Å². The molecule has 100 valence electrons. The first kappa shape index (κ1) is 13.6. The van der Waals surface area contributed by atoms with Crippen molar-refractivity contribution < 1.29 is 4.79 Å². The molecule has 0 aromatic carbocycles. The molecule has 2 rings (SSSR count). The van der Waals surface area contributed by atoms with Crippen LogP contribution in [0.2, 0.25) is 0 Å². The lowest BCUT2D eigenvalue weighted by Crippen LogP contribution is -2.51. The fourth-order valence-electron chi connectivity index (χ4n) is 2.69. The summed E-state index contributed by atoms with van der Waals surface area (Å²) in [5, 5.41) is 0. The van der Waals surface area contributed by atoms with E-state index < -0.39 is 0 Å². The summed E-state index contributed by atoms with van der Waals surface area (Å²) in [6.45, 7) is 5.73. The molecule has 3 nitrogen and oxygen atoms in total. The second-order valence-corrected chi connectivity index (χ2v) is 6.21. The van der Waals surface area contributed by atoms with Crippen molar-refractivity contribution in [2.75, 3.05) is 13.1 Å². The number of likely N-dealkylation sites (tertiary alicyclic amines) is 1. The van der Waals surface area contributed by atoms with Crippen LogP contribution < -0.4 is 5.73 Å². The first-order chi connectivity index (χ1) is 8.67. The Bertz CT molecular complexity index is 416. The topological polar surface area (TPSA) is 46.3 Å². The van der Waals surface area contributed by atoms with Gasteiger partial charge in [-0.3, -0.25) is 4.79 Å². The predicted molar refractivity (Wildman–Crippen MR) is 76.0 cm³/mol. The second kappa shape index (κ2) is 5.85. The maximum Gasteiger partial charge on any atom is 0.264 e. The molecule has 1 fully saturated rings. The monoisotopic (exact) mass is 266 g/mol. The molecule has 0 aliphatic carbocycles. The Labute approximate surface area is 113 Å². The number of amides is 1. The molecular formula is C14H22N2OS. The van der Waals surface area contributed by atoms with Gasteiger partial charge in [-0.1, -0.05) is 13.8 Å². The lowest BCUT2D eigenvalue weighted by Gasteiger charge is -2.39. The van der Waals surface area contributed by atoms with Gasteiger partial charge in [0.05, 0.1) is 4.88 Å². The number of hydrogen-bond acceptors (Lipinski definition) is 3. The zero-order chi connectivity index (χ0) is 13.1. The van der Waals surface area contributed by atoms with E-state index in [0.29, 0.717) is 12.5 Å². The molecular weight excluding hydrogens is 244 g/mol. The Kier molecular flexibility index (Phi) is 4.40. The van der Waals surface area contributed by atoms with Gasteiger partial charge in [-0.05, 0) is 37.3 Å². The van der Waals surface area contributed by atoms with Crippen molar-refractivity contribution in [2.24, 2.45) is 11.7 Å². The molecule has 0 saturated carbocycles. The van der Waals surface area contributed by atoms with E-state index in [1.165, 1.54) is 11.3 Å². The molecule has 1 amide bonds. The first-order valence-corrected chi connectivity index (χ1v) is 7.58. The zero-order valence-corrected chi connectivity index (χ0v) is 12.0. The van der Waals surface area contributed by atoms with E-state index in [2.05, 4.69) is 19.9 Å². The molecule has 2 heterocycles. The largest absolute Gasteiger partial charge is 0.333 e. The van der Waals surface area contributed by atoms with Crippen LogP contribution in [0.1, 0.15) is 41.2 Å². The van der Waals surface area contributed by atoms with Crippen molar-refractivity contribution in [2.45, 2.75) is 39.2 Å². The van der Waals surface area contributed by atoms with E-state index in [9.17, 15) is 4.79 Å². The van der Waals surface area contributed by atoms with E-state index in [-0.39, 0.29) is 11.9 Å². The maximum absolute atomic E-state index is 12.5. The Balaban J connectivity index is 2.16. The number of nitrogens with two attached hydrogens (primary N) is 1. The number of carbonyl (C=O) groups excluding carboxylic acids is 1. The number of aryl methyl sites for hydroxylation is 1. The number of piperidine rings is 1. The minimum atomic E-state index is 0.168. The van der Waals surface area contributed by atoms with Gasteiger partial charge >= 0.3 is 0 Å². The van der Waals surface area contributed by atoms with Gasteiger partial charge in [-0.25, -0.2) is 0 Å². The normalized spacial score (nSPS) is 24.3. The Morgan fingerprint density at radius 1 is 1.56 bits per heavy atom. The Morgan fingerprint density at radius 2 is 2.33 bits per heavy atom. The second-order valence-electron chi connectivity index (χ2n) is 5.04. The van der Waals surface area contributed by atoms with Crippen molar-refractivity contribution in [3.8, 4) is 0 Å². The molecule has 1 aliphatic heterocycles. The van der Waals surface area contributed by atoms with Crippen LogP contribution in [0.4, 0.5) is 0 Å². The van der Waals surface area contributed by atoms with Gasteiger partial charge in [0, 0.05) is 24.0 Å². The number of rotatable bonds is 3. The molecule has 2 atom stereocenters. The SMILES string of the molecule is CCc1ccc(C(=O)N2CCC[C@@H](C)[C@H]2CN)s1. The average molecular weight is 266 g/mol. The van der Waals surface area contributed by atoms with Crippen LogP contribution in [0.3, 0.4) is 0 Å². The highest BCUT2D eigenvalue weighted by atomic mass is 32.1. The number of hydrogen-bond donors (Lipinski definition) is 1. The minimum absolute atomic E-state index is 0.168. The van der Waals surface area contributed by atoms with Crippen LogP contribution in [-0.4, -0.2) is 29.9 Å². The van der Waals surface area contributed by atoms with Crippen molar-refractivity contribution in [1.29, 1.82) is 0 Å². The van der Waals surface area contributed by atoms with Gasteiger partial charge in [0.1, 0.15) is 0 Å². The molecule has 0 bridgehead atoms. The molecule has 0 unspecified atom stereocenters. The van der Waals surface area contributed by atoms with Crippen molar-refractivity contribution in [3.63, 3.8) is 0 Å². The number of thiophene rings is 1. The molecule has 2 N–H and O–H groups in total. The molecule has 1 aromatic heterocycles. The number of nitrogens with zero attached hydrogens (tertiary/aromatic N) is 1. The van der Waals surface area contributed by atoms with E-state index in [1.807, 2.05) is 11.0 Å². The number of carbonyl (C=O) groups is 1. The van der Waals surface area contributed by atoms with Gasteiger partial charge in [-0.15, -0.1) is 11.3 Å². The molecule has 0 spiro atoms. The third-order valence-electron chi connectivity index (χ3n) is 3.84. The Morgan fingerprint density at radius 3 is 2.94 bits per heavy atom. The standard InChI is InChI=1S/C14H22N2OS/c1-3-11-6-7-13(18-11)14(17)16-8-4-5-10(2)12(16)9-15/h6-7,10,12H,3-5,8-9,15H2,1-2H3/t10-,12-/m1/s1. The lowest BCUT2D eigenvalue weighted by atomic mass is 9.90. The van der Waals surface area contributed by atoms with E-state index >= 15 is 0 Å². The predicted octanol–water partition coefficient (Wildman–Crippen LogP) is 2.51. The fraction of sp³-hybridized carbons (Fsp3) is 0.643. The minimum Gasteiger partial charge on any atom is -0.333 e. The van der Waals surface area contributed by atoms with Crippen LogP contribution in [-0.2, 0) is 6.42 Å². The summed E-state index contributed by atoms with van der Waals surface area (Å²) >= 11 is 1.62. The van der Waals surface area contributed by atoms with Crippen molar-refractivity contribution in [1.82, 2.24) is 4.90 Å². The van der Waals surface area contributed by atoms with Crippen molar-refractivity contribution >= 4 is 17.2 Å². The molecule has 4 heteroatoms. The highest BCUT2D eigenvalue weighted by Gasteiger charge is 2.31. The molecule has 1 aliphatic rings. The molecule has 18 heavy (non-hydrogen) atoms. The fourth-order valence-corrected chi connectivity index (χ4v) is 3.59. The van der Waals surface area contributed by atoms with Crippen LogP contribution in [0.25, 0.3) is 0 Å². The van der Waals surface area contributed by atoms with Crippen molar-refractivity contribution in [3.05, 3.63) is 21.9 Å². The maximum atomic E-state index is 12.5. The van der Waals surface area contributed by atoms with Gasteiger partial charge in [-0.2, -0.15) is 0 Å². The summed E-state index contributed by atoms with van der Waals surface area (Å²) in [5.41, 5.74) is 5.84. The lowest BCUT2D eigenvalue weighted by molar-refractivity contribution is 0.0537. The highest BCUT2D eigenvalue weighted by Crippen LogP contribution is 2.26.